The number of carbonyl (C=O) groups is 1. The number of ether oxygens (including phenoxy) is 2. The number of hydrogen-bond donors (Lipinski definition) is 0. The molecule has 0 atom stereocenters. The van der Waals surface area contributed by atoms with E-state index in [4.69, 9.17) is 4.74 Å². The fourth-order valence-corrected chi connectivity index (χ4v) is 1.81. The first-order valence-electron chi connectivity index (χ1n) is 6.27. The third kappa shape index (κ3) is 3.64. The highest BCUT2D eigenvalue weighted by Gasteiger charge is 2.05. The number of hydrogen-bond acceptors (Lipinski definition) is 5. The Morgan fingerprint density at radius 1 is 1.25 bits per heavy atom. The molecule has 1 aromatic carbocycles. The van der Waals surface area contributed by atoms with E-state index in [9.17, 15) is 4.79 Å². The van der Waals surface area contributed by atoms with E-state index in [1.807, 2.05) is 12.1 Å². The van der Waals surface area contributed by atoms with Gasteiger partial charge < -0.3 is 9.47 Å². The molecule has 0 N–H and O–H groups in total. The molecule has 6 heteroatoms. The second-order valence-electron chi connectivity index (χ2n) is 4.30. The monoisotopic (exact) mass is 275 g/mol. The van der Waals surface area contributed by atoms with Crippen LogP contribution in [0.2, 0.25) is 0 Å². The lowest BCUT2D eigenvalue weighted by molar-refractivity contribution is 0.0600. The van der Waals surface area contributed by atoms with E-state index in [0.29, 0.717) is 18.0 Å². The lowest BCUT2D eigenvalue weighted by Crippen LogP contribution is -2.04. The Labute approximate surface area is 117 Å². The van der Waals surface area contributed by atoms with Gasteiger partial charge in [0.1, 0.15) is 12.9 Å². The molecule has 0 aliphatic rings. The number of nitrogens with zero attached hydrogens (tertiary/aromatic N) is 3. The molecule has 0 saturated carbocycles. The van der Waals surface area contributed by atoms with Crippen molar-refractivity contribution in [1.82, 2.24) is 14.8 Å². The molecule has 1 heterocycles. The highest BCUT2D eigenvalue weighted by molar-refractivity contribution is 5.89. The standard InChI is InChI=1S/C14H17N3O3/c1-19-9-13-15-10-17(16-13)8-7-11-3-5-12(6-4-11)14(18)20-2/h3-6,10H,7-9H2,1-2H3. The first kappa shape index (κ1) is 14.2. The van der Waals surface area contributed by atoms with E-state index >= 15 is 0 Å². The maximum atomic E-state index is 11.3. The molecule has 0 bridgehead atoms. The Morgan fingerprint density at radius 2 is 2.00 bits per heavy atom. The fraction of sp³-hybridized carbons (Fsp3) is 0.357. The van der Waals surface area contributed by atoms with Crippen LogP contribution in [-0.2, 0) is 29.0 Å². The number of rotatable bonds is 6. The van der Waals surface area contributed by atoms with Crippen molar-refractivity contribution in [2.24, 2.45) is 0 Å². The molecule has 0 amide bonds. The average Bonchev–Trinajstić information content (AvgIpc) is 2.93. The SMILES string of the molecule is COCc1ncn(CCc2ccc(C(=O)OC)cc2)n1. The third-order valence-electron chi connectivity index (χ3n) is 2.86. The second-order valence-corrected chi connectivity index (χ2v) is 4.30. The molecule has 20 heavy (non-hydrogen) atoms. The first-order chi connectivity index (χ1) is 9.72. The largest absolute Gasteiger partial charge is 0.465 e. The van der Waals surface area contributed by atoms with Gasteiger partial charge in [-0.3, -0.25) is 4.68 Å². The van der Waals surface area contributed by atoms with Gasteiger partial charge in [-0.25, -0.2) is 9.78 Å². The van der Waals surface area contributed by atoms with Crippen LogP contribution in [0, 0.1) is 0 Å². The molecular formula is C14H17N3O3. The smallest absolute Gasteiger partial charge is 0.337 e. The molecule has 2 rings (SSSR count). The maximum Gasteiger partial charge on any atom is 0.337 e. The fourth-order valence-electron chi connectivity index (χ4n) is 1.81. The third-order valence-corrected chi connectivity index (χ3v) is 2.86. The molecule has 0 aliphatic heterocycles. The van der Waals surface area contributed by atoms with Crippen LogP contribution in [0.25, 0.3) is 0 Å². The summed E-state index contributed by atoms with van der Waals surface area (Å²) in [5.74, 6) is 0.352. The zero-order chi connectivity index (χ0) is 14.4. The highest BCUT2D eigenvalue weighted by Crippen LogP contribution is 2.07. The van der Waals surface area contributed by atoms with Gasteiger partial charge in [0, 0.05) is 13.7 Å². The Morgan fingerprint density at radius 3 is 2.65 bits per heavy atom. The van der Waals surface area contributed by atoms with Gasteiger partial charge in [-0.2, -0.15) is 5.10 Å². The molecular weight excluding hydrogens is 258 g/mol. The van der Waals surface area contributed by atoms with Crippen molar-refractivity contribution < 1.29 is 14.3 Å². The summed E-state index contributed by atoms with van der Waals surface area (Å²) in [5.41, 5.74) is 1.68. The molecule has 0 aliphatic carbocycles. The van der Waals surface area contributed by atoms with Crippen LogP contribution in [0.1, 0.15) is 21.7 Å². The number of aryl methyl sites for hydroxylation is 2. The minimum Gasteiger partial charge on any atom is -0.465 e. The summed E-state index contributed by atoms with van der Waals surface area (Å²) in [6.45, 7) is 1.15. The van der Waals surface area contributed by atoms with Crippen molar-refractivity contribution >= 4 is 5.97 Å². The summed E-state index contributed by atoms with van der Waals surface area (Å²) in [6.07, 6.45) is 2.51. The number of methoxy groups -OCH3 is 2. The van der Waals surface area contributed by atoms with Crippen LogP contribution in [0.3, 0.4) is 0 Å². The van der Waals surface area contributed by atoms with Crippen LogP contribution < -0.4 is 0 Å². The summed E-state index contributed by atoms with van der Waals surface area (Å²) in [5, 5.41) is 4.28. The van der Waals surface area contributed by atoms with Gasteiger partial charge in [-0.1, -0.05) is 12.1 Å². The Hall–Kier alpha value is -2.21. The van der Waals surface area contributed by atoms with Crippen LogP contribution >= 0.6 is 0 Å². The summed E-state index contributed by atoms with van der Waals surface area (Å²) < 4.78 is 11.4. The van der Waals surface area contributed by atoms with Crippen molar-refractivity contribution in [3.63, 3.8) is 0 Å². The van der Waals surface area contributed by atoms with E-state index in [2.05, 4.69) is 14.8 Å². The molecule has 0 radical (unpaired) electrons. The minimum atomic E-state index is -0.322. The van der Waals surface area contributed by atoms with E-state index in [1.54, 1.807) is 30.3 Å². The van der Waals surface area contributed by atoms with Gasteiger partial charge in [0.05, 0.1) is 12.7 Å². The number of esters is 1. The zero-order valence-corrected chi connectivity index (χ0v) is 11.6. The molecule has 0 fully saturated rings. The Balaban J connectivity index is 1.91. The molecule has 0 saturated heterocycles. The predicted octanol–water partition coefficient (Wildman–Crippen LogP) is 1.45. The zero-order valence-electron chi connectivity index (χ0n) is 11.6. The topological polar surface area (TPSA) is 66.2 Å². The molecule has 2 aromatic rings. The molecule has 1 aromatic heterocycles. The normalized spacial score (nSPS) is 10.5. The number of benzene rings is 1. The predicted molar refractivity (Wildman–Crippen MR) is 72.2 cm³/mol. The summed E-state index contributed by atoms with van der Waals surface area (Å²) >= 11 is 0. The van der Waals surface area contributed by atoms with Gasteiger partial charge in [0.2, 0.25) is 0 Å². The van der Waals surface area contributed by atoms with E-state index in [-0.39, 0.29) is 5.97 Å². The molecule has 106 valence electrons. The van der Waals surface area contributed by atoms with Gasteiger partial charge >= 0.3 is 5.97 Å². The van der Waals surface area contributed by atoms with Crippen molar-refractivity contribution in [1.29, 1.82) is 0 Å². The van der Waals surface area contributed by atoms with Gasteiger partial charge in [-0.15, -0.1) is 0 Å². The highest BCUT2D eigenvalue weighted by atomic mass is 16.5. The van der Waals surface area contributed by atoms with Crippen molar-refractivity contribution in [3.8, 4) is 0 Å². The number of carbonyl (C=O) groups excluding carboxylic acids is 1. The minimum absolute atomic E-state index is 0.322. The van der Waals surface area contributed by atoms with Crippen LogP contribution in [0.4, 0.5) is 0 Å². The van der Waals surface area contributed by atoms with Gasteiger partial charge in [0.25, 0.3) is 0 Å². The van der Waals surface area contributed by atoms with Crippen LogP contribution in [0.5, 0.6) is 0 Å². The summed E-state index contributed by atoms with van der Waals surface area (Å²) in [4.78, 5) is 15.4. The lowest BCUT2D eigenvalue weighted by Gasteiger charge is -2.03. The van der Waals surface area contributed by atoms with Crippen molar-refractivity contribution in [2.75, 3.05) is 14.2 Å². The summed E-state index contributed by atoms with van der Waals surface area (Å²) in [6, 6.07) is 7.36. The number of aromatic nitrogens is 3. The second kappa shape index (κ2) is 6.81. The van der Waals surface area contributed by atoms with E-state index in [0.717, 1.165) is 18.5 Å². The van der Waals surface area contributed by atoms with Gasteiger partial charge in [-0.05, 0) is 24.1 Å². The van der Waals surface area contributed by atoms with E-state index in [1.165, 1.54) is 7.11 Å². The molecule has 0 spiro atoms. The first-order valence-corrected chi connectivity index (χ1v) is 6.27. The summed E-state index contributed by atoms with van der Waals surface area (Å²) in [7, 11) is 2.99. The van der Waals surface area contributed by atoms with Gasteiger partial charge in [0.15, 0.2) is 5.82 Å². The maximum absolute atomic E-state index is 11.3. The average molecular weight is 275 g/mol. The van der Waals surface area contributed by atoms with Crippen molar-refractivity contribution in [2.45, 2.75) is 19.6 Å². The van der Waals surface area contributed by atoms with Crippen LogP contribution in [0.15, 0.2) is 30.6 Å². The Bertz CT molecular complexity index is 563. The molecule has 0 unspecified atom stereocenters. The van der Waals surface area contributed by atoms with Crippen LogP contribution in [-0.4, -0.2) is 35.0 Å². The Kier molecular flexibility index (Phi) is 4.84. The van der Waals surface area contributed by atoms with E-state index < -0.39 is 0 Å². The quantitative estimate of drug-likeness (QED) is 0.747. The molecule has 6 nitrogen and oxygen atoms in total. The van der Waals surface area contributed by atoms with Crippen molar-refractivity contribution in [3.05, 3.63) is 47.5 Å². The lowest BCUT2D eigenvalue weighted by atomic mass is 10.1.